The number of hydrogen-bond acceptors (Lipinski definition) is 4. The summed E-state index contributed by atoms with van der Waals surface area (Å²) in [4.78, 5) is 18.9. The molecule has 0 bridgehead atoms. The summed E-state index contributed by atoms with van der Waals surface area (Å²) in [6.45, 7) is 3.15. The van der Waals surface area contributed by atoms with E-state index in [1.54, 1.807) is 16.2 Å². The summed E-state index contributed by atoms with van der Waals surface area (Å²) < 4.78 is 5.75. The number of fused-ring (bicyclic) bond motifs is 1. The van der Waals surface area contributed by atoms with Crippen LogP contribution in [-0.4, -0.2) is 29.4 Å². The van der Waals surface area contributed by atoms with Gasteiger partial charge < -0.3 is 9.64 Å². The molecule has 0 fully saturated rings. The Hall–Kier alpha value is -1.88. The molecule has 1 aliphatic rings. The van der Waals surface area contributed by atoms with Gasteiger partial charge in [0.05, 0.1) is 13.2 Å². The van der Waals surface area contributed by atoms with E-state index in [0.717, 1.165) is 34.9 Å². The normalized spacial score (nSPS) is 17.3. The number of aromatic nitrogens is 1. The van der Waals surface area contributed by atoms with Crippen molar-refractivity contribution in [2.45, 2.75) is 26.3 Å². The molecule has 2 aromatic rings. The predicted molar refractivity (Wildman–Crippen MR) is 87.1 cm³/mol. The first-order valence-corrected chi connectivity index (χ1v) is 8.38. The Kier molecular flexibility index (Phi) is 4.43. The lowest BCUT2D eigenvalue weighted by Gasteiger charge is -2.21. The number of hydrogen-bond donors (Lipinski definition) is 0. The summed E-state index contributed by atoms with van der Waals surface area (Å²) in [7, 11) is 1.86. The number of nitrogens with zero attached hydrogens (tertiary/aromatic N) is 2. The lowest BCUT2D eigenvalue weighted by molar-refractivity contribution is -0.135. The number of thiazole rings is 1. The van der Waals surface area contributed by atoms with E-state index in [9.17, 15) is 4.79 Å². The van der Waals surface area contributed by atoms with Crippen molar-refractivity contribution in [3.05, 3.63) is 45.9 Å². The molecule has 1 aromatic carbocycles. The second-order valence-electron chi connectivity index (χ2n) is 5.72. The van der Waals surface area contributed by atoms with Crippen LogP contribution in [0.25, 0.3) is 0 Å². The molecule has 116 valence electrons. The van der Waals surface area contributed by atoms with Gasteiger partial charge in [-0.3, -0.25) is 4.79 Å². The number of ether oxygens (including phenoxy) is 1. The molecule has 0 radical (unpaired) electrons. The summed E-state index contributed by atoms with van der Waals surface area (Å²) in [6, 6.07) is 7.99. The van der Waals surface area contributed by atoms with Gasteiger partial charge in [0.25, 0.3) is 0 Å². The first kappa shape index (κ1) is 15.0. The molecule has 3 rings (SSSR count). The van der Waals surface area contributed by atoms with E-state index in [2.05, 4.69) is 4.98 Å². The highest BCUT2D eigenvalue weighted by atomic mass is 32.1. The fraction of sp³-hybridized carbons (Fsp3) is 0.412. The van der Waals surface area contributed by atoms with E-state index in [0.29, 0.717) is 13.2 Å². The van der Waals surface area contributed by atoms with Gasteiger partial charge in [0.15, 0.2) is 0 Å². The predicted octanol–water partition coefficient (Wildman–Crippen LogP) is 3.05. The Morgan fingerprint density at radius 2 is 2.27 bits per heavy atom. The Morgan fingerprint density at radius 3 is 3.05 bits per heavy atom. The number of aryl methyl sites for hydroxylation is 1. The van der Waals surface area contributed by atoms with Gasteiger partial charge in [-0.1, -0.05) is 18.2 Å². The van der Waals surface area contributed by atoms with Crippen LogP contribution in [0.5, 0.6) is 5.75 Å². The molecule has 4 nitrogen and oxygen atoms in total. The summed E-state index contributed by atoms with van der Waals surface area (Å²) in [6.07, 6.45) is 1.50. The van der Waals surface area contributed by atoms with Crippen LogP contribution in [0.15, 0.2) is 29.6 Å². The van der Waals surface area contributed by atoms with E-state index in [1.165, 1.54) is 0 Å². The molecular weight excluding hydrogens is 296 g/mol. The van der Waals surface area contributed by atoms with Crippen LogP contribution in [0.2, 0.25) is 0 Å². The molecule has 0 saturated heterocycles. The average Bonchev–Trinajstić information content (AvgIpc) is 2.80. The van der Waals surface area contributed by atoms with Crippen LogP contribution in [0.3, 0.4) is 0 Å². The molecule has 1 amide bonds. The fourth-order valence-electron chi connectivity index (χ4n) is 2.77. The molecule has 0 N–H and O–H groups in total. The van der Waals surface area contributed by atoms with Crippen molar-refractivity contribution in [3.63, 3.8) is 0 Å². The second kappa shape index (κ2) is 6.48. The van der Waals surface area contributed by atoms with Crippen LogP contribution in [0.1, 0.15) is 22.7 Å². The topological polar surface area (TPSA) is 42.4 Å². The van der Waals surface area contributed by atoms with Gasteiger partial charge in [0, 0.05) is 24.0 Å². The number of benzene rings is 1. The fourth-order valence-corrected chi connectivity index (χ4v) is 3.59. The first-order valence-electron chi connectivity index (χ1n) is 7.50. The van der Waals surface area contributed by atoms with Gasteiger partial charge in [-0.15, -0.1) is 11.3 Å². The van der Waals surface area contributed by atoms with Gasteiger partial charge in [0.2, 0.25) is 5.91 Å². The molecular formula is C17H20N2O2S. The standard InChI is InChI=1S/C17H20N2O2S/c1-12-11-22-16(18-12)10-19(2)17(20)14-7-8-21-15-6-4-3-5-13(15)9-14/h3-6,11,14H,7-10H2,1-2H3/t14-/m1/s1. The van der Waals surface area contributed by atoms with Crippen molar-refractivity contribution in [2.24, 2.45) is 5.92 Å². The number of rotatable bonds is 3. The first-order chi connectivity index (χ1) is 10.6. The third-order valence-corrected chi connectivity index (χ3v) is 4.88. The van der Waals surface area contributed by atoms with Crippen LogP contribution >= 0.6 is 11.3 Å². The van der Waals surface area contributed by atoms with E-state index in [4.69, 9.17) is 4.74 Å². The average molecular weight is 316 g/mol. The van der Waals surface area contributed by atoms with Gasteiger partial charge >= 0.3 is 0 Å². The number of amides is 1. The lowest BCUT2D eigenvalue weighted by Crippen LogP contribution is -2.33. The van der Waals surface area contributed by atoms with Gasteiger partial charge in [-0.05, 0) is 31.4 Å². The molecule has 2 heterocycles. The molecule has 5 heteroatoms. The van der Waals surface area contributed by atoms with E-state index in [-0.39, 0.29) is 11.8 Å². The van der Waals surface area contributed by atoms with Crippen molar-refractivity contribution >= 4 is 17.2 Å². The van der Waals surface area contributed by atoms with Crippen molar-refractivity contribution in [3.8, 4) is 5.75 Å². The Labute approximate surface area is 134 Å². The van der Waals surface area contributed by atoms with Crippen LogP contribution < -0.4 is 4.74 Å². The summed E-state index contributed by atoms with van der Waals surface area (Å²) in [5.74, 6) is 1.07. The quantitative estimate of drug-likeness (QED) is 0.874. The third-order valence-electron chi connectivity index (χ3n) is 3.93. The van der Waals surface area contributed by atoms with Crippen molar-refractivity contribution in [1.29, 1.82) is 0 Å². The second-order valence-corrected chi connectivity index (χ2v) is 6.67. The zero-order chi connectivity index (χ0) is 15.5. The van der Waals surface area contributed by atoms with Crippen LogP contribution in [0, 0.1) is 12.8 Å². The van der Waals surface area contributed by atoms with E-state index < -0.39 is 0 Å². The molecule has 0 saturated carbocycles. The van der Waals surface area contributed by atoms with Crippen LogP contribution in [-0.2, 0) is 17.8 Å². The Morgan fingerprint density at radius 1 is 1.45 bits per heavy atom. The van der Waals surface area contributed by atoms with Crippen LogP contribution in [0.4, 0.5) is 0 Å². The van der Waals surface area contributed by atoms with Crippen molar-refractivity contribution < 1.29 is 9.53 Å². The molecule has 22 heavy (non-hydrogen) atoms. The van der Waals surface area contributed by atoms with Gasteiger partial charge in [-0.2, -0.15) is 0 Å². The van der Waals surface area contributed by atoms with Crippen molar-refractivity contribution in [1.82, 2.24) is 9.88 Å². The smallest absolute Gasteiger partial charge is 0.226 e. The zero-order valence-corrected chi connectivity index (χ0v) is 13.7. The lowest BCUT2D eigenvalue weighted by atomic mass is 9.95. The molecule has 1 aromatic heterocycles. The van der Waals surface area contributed by atoms with Crippen molar-refractivity contribution in [2.75, 3.05) is 13.7 Å². The Balaban J connectivity index is 1.69. The maximum Gasteiger partial charge on any atom is 0.226 e. The minimum Gasteiger partial charge on any atom is -0.493 e. The third kappa shape index (κ3) is 3.30. The van der Waals surface area contributed by atoms with E-state index in [1.807, 2.05) is 43.6 Å². The summed E-state index contributed by atoms with van der Waals surface area (Å²) in [5, 5.41) is 3.00. The molecule has 0 spiro atoms. The monoisotopic (exact) mass is 316 g/mol. The molecule has 1 atom stereocenters. The minimum atomic E-state index is -0.0188. The van der Waals surface area contributed by atoms with Gasteiger partial charge in [0.1, 0.15) is 10.8 Å². The Bertz CT molecular complexity index is 668. The number of carbonyl (C=O) groups is 1. The maximum atomic E-state index is 12.7. The number of para-hydroxylation sites is 1. The molecule has 0 aliphatic carbocycles. The highest BCUT2D eigenvalue weighted by Crippen LogP contribution is 2.27. The minimum absolute atomic E-state index is 0.0188. The zero-order valence-electron chi connectivity index (χ0n) is 12.9. The maximum absolute atomic E-state index is 12.7. The van der Waals surface area contributed by atoms with Gasteiger partial charge in [-0.25, -0.2) is 4.98 Å². The SMILES string of the molecule is Cc1csc(CN(C)C(=O)[C@@H]2CCOc3ccccc3C2)n1. The van der Waals surface area contributed by atoms with E-state index >= 15 is 0 Å². The highest BCUT2D eigenvalue weighted by molar-refractivity contribution is 7.09. The summed E-state index contributed by atoms with van der Waals surface area (Å²) >= 11 is 1.60. The number of carbonyl (C=O) groups excluding carboxylic acids is 1. The summed E-state index contributed by atoms with van der Waals surface area (Å²) in [5.41, 5.74) is 2.13. The molecule has 0 unspecified atom stereocenters. The highest BCUT2D eigenvalue weighted by Gasteiger charge is 2.26. The largest absolute Gasteiger partial charge is 0.493 e. The molecule has 1 aliphatic heterocycles.